The SMILES string of the molecule is CC(=O)N[C@@H]1CC[C@@H](NC(=O)c2sc3nccc4c3c2NC(=O)N4c2cnc(Oc3ccccc3)cc2C)C1. The van der Waals surface area contributed by atoms with Crippen molar-refractivity contribution in [2.24, 2.45) is 0 Å². The fourth-order valence-corrected chi connectivity index (χ4v) is 6.21. The van der Waals surface area contributed by atoms with Gasteiger partial charge in [-0.2, -0.15) is 0 Å². The third-order valence-electron chi connectivity index (χ3n) is 6.89. The molecule has 1 saturated carbocycles. The summed E-state index contributed by atoms with van der Waals surface area (Å²) in [6.07, 6.45) is 5.50. The highest BCUT2D eigenvalue weighted by Crippen LogP contribution is 2.46. The van der Waals surface area contributed by atoms with Gasteiger partial charge in [-0.15, -0.1) is 11.3 Å². The molecule has 11 heteroatoms. The monoisotopic (exact) mass is 542 g/mol. The molecule has 1 fully saturated rings. The van der Waals surface area contributed by atoms with E-state index in [2.05, 4.69) is 25.9 Å². The second-order valence-electron chi connectivity index (χ2n) is 9.69. The van der Waals surface area contributed by atoms with E-state index in [0.29, 0.717) is 50.2 Å². The summed E-state index contributed by atoms with van der Waals surface area (Å²) >= 11 is 1.24. The predicted octanol–water partition coefficient (Wildman–Crippen LogP) is 5.26. The average molecular weight is 543 g/mol. The largest absolute Gasteiger partial charge is 0.439 e. The van der Waals surface area contributed by atoms with Gasteiger partial charge >= 0.3 is 6.03 Å². The van der Waals surface area contributed by atoms with Crippen LogP contribution < -0.4 is 25.6 Å². The van der Waals surface area contributed by atoms with Crippen LogP contribution in [0.2, 0.25) is 0 Å². The molecule has 3 N–H and O–H groups in total. The highest BCUT2D eigenvalue weighted by atomic mass is 32.1. The number of carbonyl (C=O) groups excluding carboxylic acids is 3. The number of ether oxygens (including phenoxy) is 1. The molecule has 4 amide bonds. The van der Waals surface area contributed by atoms with Crippen molar-refractivity contribution >= 4 is 56.5 Å². The van der Waals surface area contributed by atoms with Crippen LogP contribution in [0.25, 0.3) is 10.2 Å². The zero-order valence-electron chi connectivity index (χ0n) is 21.4. The highest BCUT2D eigenvalue weighted by molar-refractivity contribution is 7.21. The Labute approximate surface area is 228 Å². The molecule has 0 unspecified atom stereocenters. The summed E-state index contributed by atoms with van der Waals surface area (Å²) in [4.78, 5) is 49.7. The van der Waals surface area contributed by atoms with Gasteiger partial charge in [0.1, 0.15) is 15.5 Å². The summed E-state index contributed by atoms with van der Waals surface area (Å²) < 4.78 is 5.85. The molecule has 4 heterocycles. The van der Waals surface area contributed by atoms with Gasteiger partial charge in [-0.3, -0.25) is 14.5 Å². The van der Waals surface area contributed by atoms with Gasteiger partial charge in [0.15, 0.2) is 0 Å². The first-order valence-electron chi connectivity index (χ1n) is 12.7. The fraction of sp³-hybridized carbons (Fsp3) is 0.250. The number of pyridine rings is 2. The van der Waals surface area contributed by atoms with Gasteiger partial charge in [0.2, 0.25) is 11.8 Å². The van der Waals surface area contributed by atoms with Crippen molar-refractivity contribution in [2.45, 2.75) is 45.2 Å². The van der Waals surface area contributed by atoms with Gasteiger partial charge < -0.3 is 20.7 Å². The van der Waals surface area contributed by atoms with E-state index in [9.17, 15) is 14.4 Å². The number of rotatable bonds is 6. The van der Waals surface area contributed by atoms with Crippen LogP contribution in [-0.4, -0.2) is 39.9 Å². The van der Waals surface area contributed by atoms with E-state index < -0.39 is 6.03 Å². The summed E-state index contributed by atoms with van der Waals surface area (Å²) in [6.45, 7) is 3.38. The number of aryl methyl sites for hydroxylation is 1. The maximum atomic E-state index is 13.5. The molecule has 39 heavy (non-hydrogen) atoms. The first-order chi connectivity index (χ1) is 18.9. The number of nitrogens with zero attached hydrogens (tertiary/aromatic N) is 3. The summed E-state index contributed by atoms with van der Waals surface area (Å²) in [6, 6.07) is 12.5. The Morgan fingerprint density at radius 3 is 2.59 bits per heavy atom. The lowest BCUT2D eigenvalue weighted by Crippen LogP contribution is -2.37. The molecule has 1 aromatic carbocycles. The van der Waals surface area contributed by atoms with E-state index in [0.717, 1.165) is 18.4 Å². The van der Waals surface area contributed by atoms with Crippen LogP contribution in [0.3, 0.4) is 0 Å². The lowest BCUT2D eigenvalue weighted by atomic mass is 10.1. The lowest BCUT2D eigenvalue weighted by Gasteiger charge is -2.29. The molecule has 198 valence electrons. The first kappa shape index (κ1) is 24.8. The van der Waals surface area contributed by atoms with Gasteiger partial charge in [0, 0.05) is 31.3 Å². The van der Waals surface area contributed by atoms with Crippen LogP contribution in [0, 0.1) is 6.92 Å². The van der Waals surface area contributed by atoms with E-state index in [1.165, 1.54) is 18.3 Å². The van der Waals surface area contributed by atoms with Crippen LogP contribution in [0.15, 0.2) is 54.9 Å². The minimum Gasteiger partial charge on any atom is -0.439 e. The van der Waals surface area contributed by atoms with Crippen molar-refractivity contribution in [1.82, 2.24) is 20.6 Å². The number of amides is 4. The lowest BCUT2D eigenvalue weighted by molar-refractivity contribution is -0.119. The quantitative estimate of drug-likeness (QED) is 0.305. The predicted molar refractivity (Wildman–Crippen MR) is 149 cm³/mol. The maximum absolute atomic E-state index is 13.5. The molecule has 10 nitrogen and oxygen atoms in total. The van der Waals surface area contributed by atoms with Crippen molar-refractivity contribution in [2.75, 3.05) is 10.2 Å². The molecule has 0 bridgehead atoms. The summed E-state index contributed by atoms with van der Waals surface area (Å²) in [5, 5.41) is 9.62. The second kappa shape index (κ2) is 9.99. The van der Waals surface area contributed by atoms with E-state index in [-0.39, 0.29) is 23.9 Å². The van der Waals surface area contributed by atoms with Gasteiger partial charge in [-0.1, -0.05) is 18.2 Å². The Balaban J connectivity index is 1.28. The molecule has 4 aromatic rings. The molecule has 3 aromatic heterocycles. The number of nitrogens with one attached hydrogen (secondary N) is 3. The van der Waals surface area contributed by atoms with E-state index >= 15 is 0 Å². The van der Waals surface area contributed by atoms with Crippen molar-refractivity contribution in [1.29, 1.82) is 0 Å². The summed E-state index contributed by atoms with van der Waals surface area (Å²) in [5.41, 5.74) is 2.48. The molecule has 1 aliphatic carbocycles. The highest BCUT2D eigenvalue weighted by Gasteiger charge is 2.35. The van der Waals surface area contributed by atoms with E-state index in [1.807, 2.05) is 37.3 Å². The number of anilines is 3. The summed E-state index contributed by atoms with van der Waals surface area (Å²) in [5.74, 6) is 0.750. The van der Waals surface area contributed by atoms with Gasteiger partial charge in [0.25, 0.3) is 5.91 Å². The molecule has 0 spiro atoms. The maximum Gasteiger partial charge on any atom is 0.331 e. The standard InChI is InChI=1S/C28H26N6O4S/c1-15-12-22(38-19-6-4-3-5-7-19)30-14-21(15)34-20-10-11-29-27-23(20)24(33-28(34)37)25(39-27)26(36)32-18-9-8-17(13-18)31-16(2)35/h3-7,10-12,14,17-18H,8-9,13H2,1-2H3,(H,31,35)(H,32,36)(H,33,37)/t17-,18-/m1/s1. The topological polar surface area (TPSA) is 126 Å². The van der Waals surface area contributed by atoms with Crippen LogP contribution in [0.5, 0.6) is 11.6 Å². The normalized spacial score (nSPS) is 18.1. The van der Waals surface area contributed by atoms with Gasteiger partial charge in [-0.25, -0.2) is 14.8 Å². The molecule has 0 saturated heterocycles. The molecule has 2 aliphatic rings. The number of thiophene rings is 1. The Kier molecular flexibility index (Phi) is 6.35. The molecule has 1 aliphatic heterocycles. The number of aromatic nitrogens is 2. The first-order valence-corrected chi connectivity index (χ1v) is 13.5. The van der Waals surface area contributed by atoms with Crippen LogP contribution in [-0.2, 0) is 4.79 Å². The smallest absolute Gasteiger partial charge is 0.331 e. The Hall–Kier alpha value is -4.51. The average Bonchev–Trinajstić information content (AvgIpc) is 3.50. The minimum absolute atomic E-state index is 0.0522. The molecular formula is C28H26N6O4S. The van der Waals surface area contributed by atoms with Crippen molar-refractivity contribution < 1.29 is 19.1 Å². The Bertz CT molecular complexity index is 1600. The van der Waals surface area contributed by atoms with Crippen molar-refractivity contribution in [3.63, 3.8) is 0 Å². The van der Waals surface area contributed by atoms with Crippen molar-refractivity contribution in [3.8, 4) is 11.6 Å². The molecule has 6 rings (SSSR count). The van der Waals surface area contributed by atoms with Crippen LogP contribution in [0.1, 0.15) is 41.4 Å². The third-order valence-corrected chi connectivity index (χ3v) is 7.99. The van der Waals surface area contributed by atoms with Gasteiger partial charge in [-0.05, 0) is 49.9 Å². The number of benzene rings is 1. The van der Waals surface area contributed by atoms with Crippen molar-refractivity contribution in [3.05, 3.63) is 65.3 Å². The molecule has 0 radical (unpaired) electrons. The zero-order chi connectivity index (χ0) is 27.1. The second-order valence-corrected chi connectivity index (χ2v) is 10.7. The summed E-state index contributed by atoms with van der Waals surface area (Å²) in [7, 11) is 0. The Morgan fingerprint density at radius 1 is 1.08 bits per heavy atom. The number of para-hydroxylation sites is 1. The van der Waals surface area contributed by atoms with E-state index in [1.54, 1.807) is 29.4 Å². The fourth-order valence-electron chi connectivity index (χ4n) is 5.19. The van der Waals surface area contributed by atoms with Crippen LogP contribution >= 0.6 is 11.3 Å². The minimum atomic E-state index is -0.393. The number of carbonyl (C=O) groups is 3. The van der Waals surface area contributed by atoms with Gasteiger partial charge in [0.05, 0.1) is 28.6 Å². The number of hydrogen-bond donors (Lipinski definition) is 3. The third kappa shape index (κ3) is 4.76. The number of urea groups is 1. The molecular weight excluding hydrogens is 516 g/mol. The zero-order valence-corrected chi connectivity index (χ0v) is 22.2. The van der Waals surface area contributed by atoms with E-state index in [4.69, 9.17) is 4.74 Å². The number of hydrogen-bond acceptors (Lipinski definition) is 7. The van der Waals surface area contributed by atoms with Crippen LogP contribution in [0.4, 0.5) is 21.9 Å². The molecule has 2 atom stereocenters. The Morgan fingerprint density at radius 2 is 1.85 bits per heavy atom.